The third-order valence-electron chi connectivity index (χ3n) is 4.35. The van der Waals surface area contributed by atoms with Crippen LogP contribution in [0.15, 0.2) is 63.9 Å². The molecule has 0 unspecified atom stereocenters. The average Bonchev–Trinajstić information content (AvgIpc) is 3.12. The molecule has 3 aromatic rings. The molecule has 0 bridgehead atoms. The van der Waals surface area contributed by atoms with E-state index in [9.17, 15) is 13.2 Å². The maximum Gasteiger partial charge on any atom is 0.263 e. The van der Waals surface area contributed by atoms with E-state index in [2.05, 4.69) is 4.72 Å². The van der Waals surface area contributed by atoms with Gasteiger partial charge in [-0.05, 0) is 61.5 Å². The molecule has 0 atom stereocenters. The number of halogens is 1. The van der Waals surface area contributed by atoms with Gasteiger partial charge in [0.1, 0.15) is 22.2 Å². The first-order valence-corrected chi connectivity index (χ1v) is 10.8. The maximum atomic E-state index is 12.8. The topological polar surface area (TPSA) is 88.8 Å². The minimum atomic E-state index is -4.01. The van der Waals surface area contributed by atoms with E-state index in [0.717, 1.165) is 5.76 Å². The smallest absolute Gasteiger partial charge is 0.263 e. The predicted octanol–water partition coefficient (Wildman–Crippen LogP) is 4.32. The molecule has 30 heavy (non-hydrogen) atoms. The Kier molecular flexibility index (Phi) is 6.38. The molecule has 0 saturated heterocycles. The first-order valence-electron chi connectivity index (χ1n) is 8.97. The van der Waals surface area contributed by atoms with Crippen molar-refractivity contribution in [3.05, 3.63) is 76.7 Å². The van der Waals surface area contributed by atoms with Crippen molar-refractivity contribution in [2.75, 3.05) is 18.9 Å². The summed E-state index contributed by atoms with van der Waals surface area (Å²) in [5.74, 6) is 1.61. The number of nitrogens with zero attached hydrogens (tertiary/aromatic N) is 1. The first kappa shape index (κ1) is 21.7. The van der Waals surface area contributed by atoms with Gasteiger partial charge in [-0.25, -0.2) is 8.42 Å². The summed E-state index contributed by atoms with van der Waals surface area (Å²) in [5, 5.41) is 0.0110. The van der Waals surface area contributed by atoms with Crippen LogP contribution in [0.4, 0.5) is 5.69 Å². The molecular formula is C21H21ClN2O5S. The molecular weight excluding hydrogens is 428 g/mol. The zero-order valence-corrected chi connectivity index (χ0v) is 18.3. The Balaban J connectivity index is 1.83. The van der Waals surface area contributed by atoms with Crippen molar-refractivity contribution < 1.29 is 22.4 Å². The Morgan fingerprint density at radius 3 is 2.43 bits per heavy atom. The highest BCUT2D eigenvalue weighted by Crippen LogP contribution is 2.26. The lowest BCUT2D eigenvalue weighted by Gasteiger charge is -2.17. The van der Waals surface area contributed by atoms with Crippen LogP contribution < -0.4 is 9.46 Å². The van der Waals surface area contributed by atoms with Crippen molar-refractivity contribution in [2.24, 2.45) is 0 Å². The second kappa shape index (κ2) is 8.81. The van der Waals surface area contributed by atoms with Gasteiger partial charge in [0, 0.05) is 18.3 Å². The molecule has 2 aromatic carbocycles. The lowest BCUT2D eigenvalue weighted by atomic mass is 10.2. The van der Waals surface area contributed by atoms with E-state index in [1.54, 1.807) is 37.4 Å². The van der Waals surface area contributed by atoms with Crippen LogP contribution in [0, 0.1) is 6.92 Å². The number of rotatable bonds is 7. The number of amides is 1. The van der Waals surface area contributed by atoms with E-state index in [-0.39, 0.29) is 27.9 Å². The van der Waals surface area contributed by atoms with Gasteiger partial charge < -0.3 is 14.1 Å². The number of benzene rings is 2. The highest BCUT2D eigenvalue weighted by atomic mass is 35.5. The summed E-state index contributed by atoms with van der Waals surface area (Å²) in [6, 6.07) is 14.1. The number of carbonyl (C=O) groups excluding carboxylic acids is 1. The molecule has 0 radical (unpaired) electrons. The Morgan fingerprint density at radius 1 is 1.13 bits per heavy atom. The molecule has 9 heteroatoms. The molecule has 7 nitrogen and oxygen atoms in total. The Bertz CT molecular complexity index is 1160. The minimum absolute atomic E-state index is 0.0110. The van der Waals surface area contributed by atoms with Gasteiger partial charge >= 0.3 is 0 Å². The largest absolute Gasteiger partial charge is 0.497 e. The number of furan rings is 1. The summed E-state index contributed by atoms with van der Waals surface area (Å²) in [7, 11) is -0.884. The molecule has 0 spiro atoms. The highest BCUT2D eigenvalue weighted by Gasteiger charge is 2.22. The summed E-state index contributed by atoms with van der Waals surface area (Å²) < 4.78 is 38.7. The third-order valence-corrected chi connectivity index (χ3v) is 6.21. The van der Waals surface area contributed by atoms with Crippen molar-refractivity contribution in [3.63, 3.8) is 0 Å². The minimum Gasteiger partial charge on any atom is -0.497 e. The van der Waals surface area contributed by atoms with Crippen LogP contribution in [0.2, 0.25) is 5.02 Å². The van der Waals surface area contributed by atoms with Gasteiger partial charge in [-0.15, -0.1) is 0 Å². The lowest BCUT2D eigenvalue weighted by molar-refractivity contribution is 0.0774. The number of hydrogen-bond acceptors (Lipinski definition) is 5. The van der Waals surface area contributed by atoms with E-state index >= 15 is 0 Å². The van der Waals surface area contributed by atoms with Crippen molar-refractivity contribution >= 4 is 33.2 Å². The van der Waals surface area contributed by atoms with Crippen LogP contribution in [-0.2, 0) is 16.6 Å². The third kappa shape index (κ3) is 4.95. The number of sulfonamides is 1. The van der Waals surface area contributed by atoms with Gasteiger partial charge in [-0.1, -0.05) is 11.6 Å². The van der Waals surface area contributed by atoms with Gasteiger partial charge in [0.15, 0.2) is 0 Å². The Morgan fingerprint density at radius 2 is 1.83 bits per heavy atom. The zero-order valence-electron chi connectivity index (χ0n) is 16.7. The number of methoxy groups -OCH3 is 1. The van der Waals surface area contributed by atoms with Gasteiger partial charge in [-0.3, -0.25) is 9.52 Å². The van der Waals surface area contributed by atoms with Crippen molar-refractivity contribution in [2.45, 2.75) is 18.4 Å². The number of nitrogens with one attached hydrogen (secondary N) is 1. The van der Waals surface area contributed by atoms with Crippen LogP contribution in [0.1, 0.15) is 21.9 Å². The van der Waals surface area contributed by atoms with E-state index in [4.69, 9.17) is 20.8 Å². The molecule has 0 aliphatic rings. The van der Waals surface area contributed by atoms with E-state index in [0.29, 0.717) is 17.2 Å². The summed E-state index contributed by atoms with van der Waals surface area (Å²) >= 11 is 6.13. The summed E-state index contributed by atoms with van der Waals surface area (Å²) in [6.45, 7) is 2.07. The molecule has 1 heterocycles. The second-order valence-electron chi connectivity index (χ2n) is 6.65. The van der Waals surface area contributed by atoms with Gasteiger partial charge in [0.05, 0.1) is 18.7 Å². The normalized spacial score (nSPS) is 11.2. The molecule has 0 saturated carbocycles. The predicted molar refractivity (Wildman–Crippen MR) is 114 cm³/mol. The average molecular weight is 449 g/mol. The molecule has 3 rings (SSSR count). The summed E-state index contributed by atoms with van der Waals surface area (Å²) in [4.78, 5) is 14.0. The monoisotopic (exact) mass is 448 g/mol. The number of hydrogen-bond donors (Lipinski definition) is 1. The van der Waals surface area contributed by atoms with Crippen molar-refractivity contribution in [3.8, 4) is 5.75 Å². The van der Waals surface area contributed by atoms with Crippen LogP contribution in [-0.4, -0.2) is 33.4 Å². The van der Waals surface area contributed by atoms with Crippen LogP contribution in [0.5, 0.6) is 5.75 Å². The highest BCUT2D eigenvalue weighted by molar-refractivity contribution is 7.92. The molecule has 158 valence electrons. The molecule has 0 aliphatic carbocycles. The fourth-order valence-corrected chi connectivity index (χ4v) is 4.39. The fraction of sp³-hybridized carbons (Fsp3) is 0.190. The van der Waals surface area contributed by atoms with Crippen molar-refractivity contribution in [1.82, 2.24) is 4.90 Å². The molecule has 0 aliphatic heterocycles. The maximum absolute atomic E-state index is 12.8. The Hall–Kier alpha value is -2.97. The van der Waals surface area contributed by atoms with Crippen LogP contribution in [0.3, 0.4) is 0 Å². The second-order valence-corrected chi connectivity index (χ2v) is 8.71. The first-order chi connectivity index (χ1) is 14.2. The van der Waals surface area contributed by atoms with Gasteiger partial charge in [0.25, 0.3) is 15.9 Å². The molecule has 1 amide bonds. The van der Waals surface area contributed by atoms with E-state index in [1.807, 2.05) is 13.0 Å². The van der Waals surface area contributed by atoms with Crippen molar-refractivity contribution in [1.29, 1.82) is 0 Å². The zero-order chi connectivity index (χ0) is 21.9. The summed E-state index contributed by atoms with van der Waals surface area (Å²) in [6.07, 6.45) is 0. The standard InChI is InChI=1S/C21H21ClN2O5S/c1-14-4-8-18(29-14)13-24(2)21(25)15-5-11-19(22)20(12-15)30(26,27)23-16-6-9-17(28-3)10-7-16/h4-12,23H,13H2,1-3H3. The van der Waals surface area contributed by atoms with Gasteiger partial charge in [-0.2, -0.15) is 0 Å². The van der Waals surface area contributed by atoms with Crippen LogP contribution in [0.25, 0.3) is 0 Å². The van der Waals surface area contributed by atoms with Crippen LogP contribution >= 0.6 is 11.6 Å². The number of aryl methyl sites for hydroxylation is 1. The van der Waals surface area contributed by atoms with E-state index < -0.39 is 10.0 Å². The molecule has 1 aromatic heterocycles. The molecule has 1 N–H and O–H groups in total. The SMILES string of the molecule is COc1ccc(NS(=O)(=O)c2cc(C(=O)N(C)Cc3ccc(C)o3)ccc2Cl)cc1. The lowest BCUT2D eigenvalue weighted by Crippen LogP contribution is -2.26. The quantitative estimate of drug-likeness (QED) is 0.581. The Labute approximate surface area is 180 Å². The van der Waals surface area contributed by atoms with Gasteiger partial charge in [0.2, 0.25) is 0 Å². The van der Waals surface area contributed by atoms with E-state index in [1.165, 1.54) is 30.2 Å². The number of carbonyl (C=O) groups is 1. The number of anilines is 1. The molecule has 0 fully saturated rings. The fourth-order valence-electron chi connectivity index (χ4n) is 2.81. The number of ether oxygens (including phenoxy) is 1. The summed E-state index contributed by atoms with van der Waals surface area (Å²) in [5.41, 5.74) is 0.536.